The van der Waals surface area contributed by atoms with Crippen molar-refractivity contribution in [3.05, 3.63) is 347 Å². The van der Waals surface area contributed by atoms with E-state index in [1.54, 1.807) is 43.5 Å². The zero-order valence-electron chi connectivity index (χ0n) is 73.3. The molecule has 0 aromatic heterocycles. The molecule has 5 aliphatic heterocycles. The molecular weight excluding hydrogens is 1680 g/mol. The van der Waals surface area contributed by atoms with E-state index in [1.807, 2.05) is 243 Å². The number of methoxy groups -OCH3 is 1. The van der Waals surface area contributed by atoms with Gasteiger partial charge in [-0.25, -0.2) is 0 Å². The van der Waals surface area contributed by atoms with Gasteiger partial charge in [0.1, 0.15) is 103 Å². The summed E-state index contributed by atoms with van der Waals surface area (Å²) in [6, 6.07) is 86.1. The molecule has 3 amide bonds. The Labute approximate surface area is 760 Å². The average Bonchev–Trinajstić information content (AvgIpc) is 1.62. The summed E-state index contributed by atoms with van der Waals surface area (Å²) in [5, 5.41) is 3.15. The fourth-order valence-electron chi connectivity index (χ4n) is 16.6. The van der Waals surface area contributed by atoms with Gasteiger partial charge in [-0.1, -0.05) is 255 Å². The molecule has 15 rings (SSSR count). The van der Waals surface area contributed by atoms with Crippen LogP contribution in [0.15, 0.2) is 291 Å². The minimum absolute atomic E-state index is 0.000372. The zero-order valence-corrected chi connectivity index (χ0v) is 73.3. The molecule has 4 saturated heterocycles. The van der Waals surface area contributed by atoms with Crippen LogP contribution in [0.5, 0.6) is 11.5 Å². The van der Waals surface area contributed by atoms with Crippen LogP contribution >= 0.6 is 0 Å². The summed E-state index contributed by atoms with van der Waals surface area (Å²) >= 11 is 0. The van der Waals surface area contributed by atoms with Gasteiger partial charge in [-0.15, -0.1) is 0 Å². The zero-order chi connectivity index (χ0) is 90.8. The minimum Gasteiger partial charge on any atom is -0.497 e. The highest BCUT2D eigenvalue weighted by atomic mass is 16.8. The lowest BCUT2D eigenvalue weighted by atomic mass is 9.93. The molecule has 0 bridgehead atoms. The van der Waals surface area contributed by atoms with Crippen LogP contribution < -0.4 is 14.8 Å². The first-order chi connectivity index (χ1) is 64.0. The molecule has 1 N–H and O–H groups in total. The van der Waals surface area contributed by atoms with Gasteiger partial charge in [0.05, 0.1) is 90.9 Å². The van der Waals surface area contributed by atoms with E-state index in [2.05, 4.69) is 5.32 Å². The van der Waals surface area contributed by atoms with Gasteiger partial charge < -0.3 is 100 Å². The van der Waals surface area contributed by atoms with Crippen molar-refractivity contribution >= 4 is 35.6 Å². The summed E-state index contributed by atoms with van der Waals surface area (Å²) in [6.45, 7) is 3.18. The van der Waals surface area contributed by atoms with Crippen LogP contribution in [0.2, 0.25) is 0 Å². The summed E-state index contributed by atoms with van der Waals surface area (Å²) < 4.78 is 141. The summed E-state index contributed by atoms with van der Waals surface area (Å²) in [5.41, 5.74) is 6.12. The maximum Gasteiger partial charge on any atom is 0.303 e. The van der Waals surface area contributed by atoms with E-state index in [9.17, 15) is 19.2 Å². The third kappa shape index (κ3) is 25.3. The topological polar surface area (TPSA) is 302 Å². The maximum absolute atomic E-state index is 15.3. The fraction of sp³-hybridized carbons (Fsp3) is 0.359. The van der Waals surface area contributed by atoms with E-state index >= 15 is 9.59 Å². The molecule has 4 fully saturated rings. The van der Waals surface area contributed by atoms with E-state index in [0.717, 1.165) is 52.1 Å². The number of benzene rings is 10. The first kappa shape index (κ1) is 93.9. The number of nitrogens with one attached hydrogen (secondary N) is 1. The number of rotatable bonds is 42. The molecule has 0 radical (unpaired) electrons. The molecule has 10 aromatic carbocycles. The predicted molar refractivity (Wildman–Crippen MR) is 472 cm³/mol. The number of hydrogen-bond donors (Lipinski definition) is 1. The highest BCUT2D eigenvalue weighted by Crippen LogP contribution is 2.43. The number of nitrogens with zero attached hydrogens (tertiary/aromatic N) is 1. The highest BCUT2D eigenvalue weighted by molar-refractivity contribution is 6.21. The van der Waals surface area contributed by atoms with Crippen molar-refractivity contribution in [1.82, 2.24) is 10.2 Å². The number of amides is 3. The van der Waals surface area contributed by atoms with Gasteiger partial charge in [0.15, 0.2) is 31.1 Å². The normalized spacial score (nSPS) is 25.9. The largest absolute Gasteiger partial charge is 0.497 e. The SMILES string of the molecule is COc1ccc(O[C@@H]2O[C@H](COCc3ccccc3)[C@@H](O[C@@H]3O[C@H](COCc4ccccc4)[C@@H](O[C@@H]4O[C@H](COCc5ccccc5)[C@@H](O[C@@H]5O[C@H](COC(C)=O)[C@@H](OC(C)=O)[C@H](OC(C)=O)[C@H]5N5C(=O)c6ccccc6C5=O)[C@H](OCc5ccccc5)[C@H]4OCc4ccccc4)[C@H](OCc4ccccc4)[C@H]3OCc3ccccc3)[C@H](OCc3ccccc3)[C@H]2NC(C)=O)cc1. The van der Waals surface area contributed by atoms with Gasteiger partial charge in [-0.3, -0.25) is 33.7 Å². The van der Waals surface area contributed by atoms with Crippen molar-refractivity contribution in [3.63, 3.8) is 0 Å². The average molecular weight is 1790 g/mol. The Morgan fingerprint density at radius 1 is 0.305 bits per heavy atom. The Morgan fingerprint density at radius 2 is 0.603 bits per heavy atom. The van der Waals surface area contributed by atoms with Gasteiger partial charge in [-0.05, 0) is 80.9 Å². The molecular formula is C103H108N2O26. The van der Waals surface area contributed by atoms with E-state index < -0.39 is 165 Å². The minimum atomic E-state index is -1.93. The third-order valence-electron chi connectivity index (χ3n) is 22.8. The van der Waals surface area contributed by atoms with Crippen LogP contribution in [0.3, 0.4) is 0 Å². The van der Waals surface area contributed by atoms with Crippen molar-refractivity contribution in [2.75, 3.05) is 33.5 Å². The standard InChI is InChI=1S/C103H108N2O26/c1-66(106)104-86-92(117-57-73-38-20-9-21-39-73)88(82(62-113-54-70-32-14-6-15-33-70)125-100(86)124-79-52-50-78(112-5)51-53-79)130-102-97(121-61-77-46-28-13-29-47-77)95(119-59-75-42-24-11-25-43-75)91(84(128-102)64-115-56-72-36-18-8-19-37-72)131-103-96(120-60-76-44-26-12-27-45-76)94(118-58-74-40-22-10-23-41-74)90(83(127-103)63-114-55-71-34-16-7-17-35-71)129-101-87(105-98(110)80-48-30-31-49-81(80)99(105)111)93(123-69(4)109)89(122-68(3)108)85(126-101)65-116-67(2)107/h6-53,82-97,100-103H,54-65H2,1-5H3,(H,104,106)/t82-,83-,84-,85-,86-,87-,88-,89-,90-,91-,92-,93-,94+,95+,96-,97-,100-,101+,102+,103+/m1/s1. The number of carbonyl (C=O) groups is 6. The highest BCUT2D eigenvalue weighted by Gasteiger charge is 2.62. The summed E-state index contributed by atoms with van der Waals surface area (Å²) in [4.78, 5) is 86.0. The van der Waals surface area contributed by atoms with E-state index in [-0.39, 0.29) is 83.8 Å². The Kier molecular flexibility index (Phi) is 33.6. The van der Waals surface area contributed by atoms with Crippen molar-refractivity contribution < 1.29 is 124 Å². The van der Waals surface area contributed by atoms with E-state index in [1.165, 1.54) is 26.0 Å². The maximum atomic E-state index is 15.3. The Bertz CT molecular complexity index is 5200. The van der Waals surface area contributed by atoms with Crippen molar-refractivity contribution in [1.29, 1.82) is 0 Å². The molecule has 5 aliphatic rings. The Balaban J connectivity index is 0.897. The fourth-order valence-corrected chi connectivity index (χ4v) is 16.6. The van der Waals surface area contributed by atoms with Crippen LogP contribution in [0, 0.1) is 0 Å². The Hall–Kier alpha value is -11.8. The number of fused-ring (bicyclic) bond motifs is 1. The molecule has 5 heterocycles. The lowest BCUT2D eigenvalue weighted by Gasteiger charge is -2.53. The number of carbonyl (C=O) groups excluding carboxylic acids is 6. The van der Waals surface area contributed by atoms with Crippen LogP contribution in [0.25, 0.3) is 0 Å². The summed E-state index contributed by atoms with van der Waals surface area (Å²) in [7, 11) is 1.57. The van der Waals surface area contributed by atoms with Gasteiger partial charge in [0.2, 0.25) is 12.2 Å². The molecule has 0 spiro atoms. The molecule has 10 aromatic rings. The van der Waals surface area contributed by atoms with Crippen LogP contribution in [-0.2, 0) is 157 Å². The lowest BCUT2D eigenvalue weighted by molar-refractivity contribution is -0.396. The van der Waals surface area contributed by atoms with Crippen LogP contribution in [0.1, 0.15) is 92.9 Å². The monoisotopic (exact) mass is 1790 g/mol. The molecule has 131 heavy (non-hydrogen) atoms. The molecule has 20 atom stereocenters. The van der Waals surface area contributed by atoms with Gasteiger partial charge in [-0.2, -0.15) is 0 Å². The second-order valence-electron chi connectivity index (χ2n) is 32.3. The van der Waals surface area contributed by atoms with E-state index in [4.69, 9.17) is 94.7 Å². The number of ether oxygens (including phenoxy) is 20. The summed E-state index contributed by atoms with van der Waals surface area (Å²) in [6.07, 6.45) is -26.1. The van der Waals surface area contributed by atoms with Gasteiger partial charge >= 0.3 is 17.9 Å². The van der Waals surface area contributed by atoms with Gasteiger partial charge in [0, 0.05) is 27.7 Å². The number of hydrogen-bond acceptors (Lipinski definition) is 26. The molecule has 686 valence electrons. The van der Waals surface area contributed by atoms with Crippen molar-refractivity contribution in [2.24, 2.45) is 0 Å². The second kappa shape index (κ2) is 46.8. The molecule has 28 heteroatoms. The van der Waals surface area contributed by atoms with Gasteiger partial charge in [0.25, 0.3) is 11.8 Å². The lowest BCUT2D eigenvalue weighted by Crippen LogP contribution is -2.71. The first-order valence-corrected chi connectivity index (χ1v) is 43.8. The number of esters is 3. The molecule has 28 nitrogen and oxygen atoms in total. The quantitative estimate of drug-likeness (QED) is 0.0211. The van der Waals surface area contributed by atoms with Crippen LogP contribution in [0.4, 0.5) is 0 Å². The van der Waals surface area contributed by atoms with Crippen LogP contribution in [-0.4, -0.2) is 197 Å². The molecule has 0 saturated carbocycles. The van der Waals surface area contributed by atoms with Crippen molar-refractivity contribution in [3.8, 4) is 11.5 Å². The second-order valence-corrected chi connectivity index (χ2v) is 32.3. The third-order valence-corrected chi connectivity index (χ3v) is 22.8. The predicted octanol–water partition coefficient (Wildman–Crippen LogP) is 13.3. The molecule has 0 unspecified atom stereocenters. The summed E-state index contributed by atoms with van der Waals surface area (Å²) in [5.74, 6) is -3.73. The number of imide groups is 1. The Morgan fingerprint density at radius 3 is 0.954 bits per heavy atom. The first-order valence-electron chi connectivity index (χ1n) is 43.8. The smallest absolute Gasteiger partial charge is 0.303 e. The van der Waals surface area contributed by atoms with Crippen molar-refractivity contribution in [2.45, 2.75) is 203 Å². The molecule has 0 aliphatic carbocycles. The van der Waals surface area contributed by atoms with E-state index in [0.29, 0.717) is 22.6 Å².